The van der Waals surface area contributed by atoms with E-state index in [9.17, 15) is 4.79 Å². The zero-order chi connectivity index (χ0) is 18.8. The molecule has 1 amide bonds. The van der Waals surface area contributed by atoms with E-state index >= 15 is 0 Å². The number of ether oxygens (including phenoxy) is 2. The minimum Gasteiger partial charge on any atom is -0.356 e. The van der Waals surface area contributed by atoms with E-state index in [2.05, 4.69) is 39.8 Å². The summed E-state index contributed by atoms with van der Waals surface area (Å²) in [4.78, 5) is 17.1. The molecule has 1 fully saturated rings. The average Bonchev–Trinajstić information content (AvgIpc) is 2.88. The molecule has 1 aromatic rings. The molecule has 0 N–H and O–H groups in total. The zero-order valence-electron chi connectivity index (χ0n) is 16.7. The van der Waals surface area contributed by atoms with Crippen LogP contribution in [0.3, 0.4) is 0 Å². The van der Waals surface area contributed by atoms with E-state index in [-0.39, 0.29) is 6.29 Å². The molecule has 0 aliphatic carbocycles. The number of likely N-dealkylation sites (tertiary alicyclic amines) is 1. The number of methoxy groups -OCH3 is 2. The molecule has 0 bridgehead atoms. The lowest BCUT2D eigenvalue weighted by molar-refractivity contribution is -0.119. The van der Waals surface area contributed by atoms with E-state index in [1.807, 2.05) is 11.8 Å². The minimum atomic E-state index is -0.0648. The zero-order valence-corrected chi connectivity index (χ0v) is 16.7. The van der Waals surface area contributed by atoms with E-state index in [4.69, 9.17) is 0 Å². The highest BCUT2D eigenvalue weighted by Crippen LogP contribution is 2.22. The Morgan fingerprint density at radius 1 is 1.20 bits per heavy atom. The predicted molar refractivity (Wildman–Crippen MR) is 99.5 cm³/mol. The highest BCUT2D eigenvalue weighted by molar-refractivity contribution is 5.47. The molecular weight excluding hydrogens is 318 g/mol. The van der Waals surface area contributed by atoms with Gasteiger partial charge in [-0.2, -0.15) is 0 Å². The molecule has 0 radical (unpaired) electrons. The van der Waals surface area contributed by atoms with Gasteiger partial charge in [-0.25, -0.2) is 4.98 Å². The summed E-state index contributed by atoms with van der Waals surface area (Å²) < 4.78 is 11.7. The number of hydrogen-bond donors (Lipinski definition) is 0. The standard InChI is InChI=1S/C15H25N3O.C4H10O2/c1-12-13(2)18(14(3)16-12)8-4-5-15-6-9-17(11-19)10-7-15;1-4(5-2)6-3/h11,15H,4-10H2,1-3H3;4H,1-3H3. The van der Waals surface area contributed by atoms with Crippen LogP contribution in [0.5, 0.6) is 0 Å². The smallest absolute Gasteiger partial charge is 0.209 e. The molecule has 1 saturated heterocycles. The van der Waals surface area contributed by atoms with Crippen LogP contribution in [-0.4, -0.2) is 54.5 Å². The van der Waals surface area contributed by atoms with Crippen molar-refractivity contribution >= 4 is 6.41 Å². The van der Waals surface area contributed by atoms with Crippen molar-refractivity contribution in [1.29, 1.82) is 0 Å². The van der Waals surface area contributed by atoms with E-state index in [1.54, 1.807) is 14.2 Å². The van der Waals surface area contributed by atoms with E-state index in [0.29, 0.717) is 0 Å². The topological polar surface area (TPSA) is 56.6 Å². The van der Waals surface area contributed by atoms with Gasteiger partial charge in [0.1, 0.15) is 5.82 Å². The van der Waals surface area contributed by atoms with Crippen molar-refractivity contribution in [3.63, 3.8) is 0 Å². The second-order valence-electron chi connectivity index (χ2n) is 6.75. The Kier molecular flexibility index (Phi) is 9.75. The van der Waals surface area contributed by atoms with Crippen LogP contribution in [0.4, 0.5) is 0 Å². The van der Waals surface area contributed by atoms with Crippen LogP contribution < -0.4 is 0 Å². The van der Waals surface area contributed by atoms with Crippen LogP contribution in [0.1, 0.15) is 49.8 Å². The fraction of sp³-hybridized carbons (Fsp3) is 0.789. The monoisotopic (exact) mass is 353 g/mol. The number of piperidine rings is 1. The number of aryl methyl sites for hydroxylation is 2. The molecule has 0 aromatic carbocycles. The Hall–Kier alpha value is -1.40. The van der Waals surface area contributed by atoms with Gasteiger partial charge in [-0.1, -0.05) is 0 Å². The van der Waals surface area contributed by atoms with Crippen molar-refractivity contribution in [3.05, 3.63) is 17.2 Å². The van der Waals surface area contributed by atoms with Gasteiger partial charge in [0.15, 0.2) is 6.29 Å². The molecule has 0 atom stereocenters. The van der Waals surface area contributed by atoms with Crippen LogP contribution in [0.2, 0.25) is 0 Å². The van der Waals surface area contributed by atoms with Crippen LogP contribution >= 0.6 is 0 Å². The molecule has 144 valence electrons. The molecule has 1 aliphatic heterocycles. The highest BCUT2D eigenvalue weighted by atomic mass is 16.7. The van der Waals surface area contributed by atoms with Crippen molar-refractivity contribution in [3.8, 4) is 0 Å². The molecule has 25 heavy (non-hydrogen) atoms. The molecule has 0 saturated carbocycles. The normalized spacial score (nSPS) is 15.2. The van der Waals surface area contributed by atoms with Gasteiger partial charge in [0.05, 0.1) is 5.69 Å². The third-order valence-corrected chi connectivity index (χ3v) is 5.10. The fourth-order valence-electron chi connectivity index (χ4n) is 3.13. The largest absolute Gasteiger partial charge is 0.356 e. The Morgan fingerprint density at radius 2 is 1.80 bits per heavy atom. The van der Waals surface area contributed by atoms with E-state index in [1.165, 1.54) is 31.4 Å². The Balaban J connectivity index is 0.000000450. The van der Waals surface area contributed by atoms with Gasteiger partial charge < -0.3 is 18.9 Å². The lowest BCUT2D eigenvalue weighted by Gasteiger charge is -2.29. The number of imidazole rings is 1. The second kappa shape index (κ2) is 11.3. The summed E-state index contributed by atoms with van der Waals surface area (Å²) in [6, 6.07) is 0. The summed E-state index contributed by atoms with van der Waals surface area (Å²) in [6.07, 6.45) is 5.73. The number of carbonyl (C=O) groups excluding carboxylic acids is 1. The molecule has 1 aromatic heterocycles. The fourth-order valence-corrected chi connectivity index (χ4v) is 3.13. The minimum absolute atomic E-state index is 0.0648. The predicted octanol–water partition coefficient (Wildman–Crippen LogP) is 3.08. The lowest BCUT2D eigenvalue weighted by atomic mass is 9.92. The maximum absolute atomic E-state index is 10.7. The third kappa shape index (κ3) is 7.16. The van der Waals surface area contributed by atoms with Crippen molar-refractivity contribution in [2.75, 3.05) is 27.3 Å². The van der Waals surface area contributed by atoms with Gasteiger partial charge in [-0.15, -0.1) is 0 Å². The first kappa shape index (κ1) is 21.6. The maximum Gasteiger partial charge on any atom is 0.209 e. The van der Waals surface area contributed by atoms with Crippen LogP contribution in [0.15, 0.2) is 0 Å². The number of hydrogen-bond acceptors (Lipinski definition) is 4. The Morgan fingerprint density at radius 3 is 2.20 bits per heavy atom. The summed E-state index contributed by atoms with van der Waals surface area (Å²) in [5.41, 5.74) is 2.45. The summed E-state index contributed by atoms with van der Waals surface area (Å²) in [7, 11) is 3.21. The van der Waals surface area contributed by atoms with Crippen LogP contribution in [-0.2, 0) is 20.8 Å². The molecule has 2 heterocycles. The Bertz CT molecular complexity index is 504. The molecule has 0 unspecified atom stereocenters. The molecule has 6 nitrogen and oxygen atoms in total. The van der Waals surface area contributed by atoms with Gasteiger partial charge >= 0.3 is 0 Å². The lowest BCUT2D eigenvalue weighted by Crippen LogP contribution is -2.32. The van der Waals surface area contributed by atoms with Crippen molar-refractivity contribution < 1.29 is 14.3 Å². The maximum atomic E-state index is 10.7. The van der Waals surface area contributed by atoms with Crippen LogP contribution in [0, 0.1) is 26.7 Å². The SMILES string of the molecule is COC(C)OC.Cc1nc(C)n(CCCC2CCN(C=O)CC2)c1C. The molecule has 0 spiro atoms. The number of amides is 1. The van der Waals surface area contributed by atoms with E-state index < -0.39 is 0 Å². The number of carbonyl (C=O) groups is 1. The van der Waals surface area contributed by atoms with Gasteiger partial charge in [0, 0.05) is 39.5 Å². The molecular formula is C19H35N3O3. The Labute approximate surface area is 152 Å². The summed E-state index contributed by atoms with van der Waals surface area (Å²) in [6.45, 7) is 11.1. The van der Waals surface area contributed by atoms with E-state index in [0.717, 1.165) is 43.5 Å². The molecule has 6 heteroatoms. The number of nitrogens with zero attached hydrogens (tertiary/aromatic N) is 3. The van der Waals surface area contributed by atoms with Crippen molar-refractivity contribution in [1.82, 2.24) is 14.5 Å². The van der Waals surface area contributed by atoms with Gasteiger partial charge in [0.2, 0.25) is 6.41 Å². The van der Waals surface area contributed by atoms with Crippen LogP contribution in [0.25, 0.3) is 0 Å². The molecule has 2 rings (SSSR count). The van der Waals surface area contributed by atoms with Crippen molar-refractivity contribution in [2.45, 2.75) is 66.2 Å². The summed E-state index contributed by atoms with van der Waals surface area (Å²) >= 11 is 0. The first-order valence-electron chi connectivity index (χ1n) is 9.18. The van der Waals surface area contributed by atoms with Gasteiger partial charge in [0.25, 0.3) is 0 Å². The average molecular weight is 354 g/mol. The number of rotatable bonds is 7. The van der Waals surface area contributed by atoms with Gasteiger partial charge in [-0.3, -0.25) is 4.79 Å². The first-order valence-corrected chi connectivity index (χ1v) is 9.18. The van der Waals surface area contributed by atoms with Gasteiger partial charge in [-0.05, 0) is 59.3 Å². The molecule has 1 aliphatic rings. The highest BCUT2D eigenvalue weighted by Gasteiger charge is 2.17. The first-order chi connectivity index (χ1) is 11.9. The second-order valence-corrected chi connectivity index (χ2v) is 6.75. The number of aromatic nitrogens is 2. The third-order valence-electron chi connectivity index (χ3n) is 5.10. The quantitative estimate of drug-likeness (QED) is 0.558. The summed E-state index contributed by atoms with van der Waals surface area (Å²) in [5, 5.41) is 0. The van der Waals surface area contributed by atoms with Crippen molar-refractivity contribution in [2.24, 2.45) is 5.92 Å². The summed E-state index contributed by atoms with van der Waals surface area (Å²) in [5.74, 6) is 1.92.